The zero-order chi connectivity index (χ0) is 21.3. The lowest BCUT2D eigenvalue weighted by Gasteiger charge is -2.12. The monoisotopic (exact) mass is 431 g/mol. The molecule has 30 heavy (non-hydrogen) atoms. The molecule has 4 aromatic rings. The van der Waals surface area contributed by atoms with Crippen molar-refractivity contribution in [1.82, 2.24) is 14.5 Å². The van der Waals surface area contributed by atoms with Crippen molar-refractivity contribution in [3.8, 4) is 5.82 Å². The topological polar surface area (TPSA) is 71.8 Å². The van der Waals surface area contributed by atoms with E-state index in [-0.39, 0.29) is 5.69 Å². The predicted octanol–water partition coefficient (Wildman–Crippen LogP) is 5.74. The Morgan fingerprint density at radius 1 is 1.00 bits per heavy atom. The van der Waals surface area contributed by atoms with E-state index >= 15 is 0 Å². The molecule has 0 fully saturated rings. The summed E-state index contributed by atoms with van der Waals surface area (Å²) in [5.74, 6) is 0.622. The first-order valence-corrected chi connectivity index (χ1v) is 9.01. The minimum atomic E-state index is -4.62. The largest absolute Gasteiger partial charge is 0.417 e. The number of alkyl halides is 3. The lowest BCUT2D eigenvalue weighted by atomic mass is 10.2. The Morgan fingerprint density at radius 2 is 1.77 bits per heavy atom. The van der Waals surface area contributed by atoms with Crippen molar-refractivity contribution in [1.29, 1.82) is 0 Å². The lowest BCUT2D eigenvalue weighted by molar-refractivity contribution is -0.137. The Morgan fingerprint density at radius 3 is 2.50 bits per heavy atom. The number of amides is 2. The van der Waals surface area contributed by atoms with Crippen molar-refractivity contribution in [3.05, 3.63) is 77.8 Å². The number of nitrogens with one attached hydrogen (secondary N) is 2. The summed E-state index contributed by atoms with van der Waals surface area (Å²) in [6.45, 7) is 0. The van der Waals surface area contributed by atoms with E-state index in [1.165, 1.54) is 12.3 Å². The Bertz CT molecular complexity index is 1220. The number of pyridine rings is 2. The molecule has 6 nitrogen and oxygen atoms in total. The predicted molar refractivity (Wildman–Crippen MR) is 108 cm³/mol. The third-order valence-corrected chi connectivity index (χ3v) is 4.61. The highest BCUT2D eigenvalue weighted by atomic mass is 35.5. The SMILES string of the molecule is O=C(Nc1ccc(-n2ccc3ccncc32)nc1)Nc1ccc(Cl)c(C(F)(F)F)c1. The average Bonchev–Trinajstić information content (AvgIpc) is 3.13. The molecule has 2 N–H and O–H groups in total. The Labute approximate surface area is 173 Å². The number of fused-ring (bicyclic) bond motifs is 1. The van der Waals surface area contributed by atoms with E-state index in [1.807, 2.05) is 22.9 Å². The van der Waals surface area contributed by atoms with E-state index in [0.717, 1.165) is 23.0 Å². The summed E-state index contributed by atoms with van der Waals surface area (Å²) in [7, 11) is 0. The van der Waals surface area contributed by atoms with E-state index in [1.54, 1.807) is 24.5 Å². The number of hydrogen-bond donors (Lipinski definition) is 2. The van der Waals surface area contributed by atoms with Gasteiger partial charge in [0.1, 0.15) is 5.82 Å². The maximum Gasteiger partial charge on any atom is 0.417 e. The van der Waals surface area contributed by atoms with E-state index in [9.17, 15) is 18.0 Å². The normalized spacial score (nSPS) is 11.5. The van der Waals surface area contributed by atoms with Crippen LogP contribution >= 0.6 is 11.6 Å². The zero-order valence-corrected chi connectivity index (χ0v) is 15.9. The van der Waals surface area contributed by atoms with Crippen molar-refractivity contribution in [2.45, 2.75) is 6.18 Å². The minimum Gasteiger partial charge on any atom is -0.308 e. The van der Waals surface area contributed by atoms with Crippen LogP contribution < -0.4 is 10.6 Å². The number of carbonyl (C=O) groups excluding carboxylic acids is 1. The van der Waals surface area contributed by atoms with Gasteiger partial charge >= 0.3 is 12.2 Å². The fourth-order valence-electron chi connectivity index (χ4n) is 2.89. The molecule has 0 aliphatic carbocycles. The van der Waals surface area contributed by atoms with Crippen molar-refractivity contribution < 1.29 is 18.0 Å². The van der Waals surface area contributed by atoms with Crippen LogP contribution in [-0.2, 0) is 6.18 Å². The summed E-state index contributed by atoms with van der Waals surface area (Å²) in [6.07, 6.45) is 2.10. The van der Waals surface area contributed by atoms with Crippen LogP contribution in [0.15, 0.2) is 67.3 Å². The van der Waals surface area contributed by atoms with Crippen LogP contribution in [0.5, 0.6) is 0 Å². The second-order valence-electron chi connectivity index (χ2n) is 6.30. The molecule has 3 aromatic heterocycles. The molecule has 0 saturated carbocycles. The molecule has 4 rings (SSSR count). The number of hydrogen-bond acceptors (Lipinski definition) is 3. The number of aromatic nitrogens is 3. The van der Waals surface area contributed by atoms with Crippen LogP contribution in [0.25, 0.3) is 16.7 Å². The molecule has 0 radical (unpaired) electrons. The number of carbonyl (C=O) groups is 1. The summed E-state index contributed by atoms with van der Waals surface area (Å²) < 4.78 is 40.7. The first-order valence-electron chi connectivity index (χ1n) is 8.63. The van der Waals surface area contributed by atoms with Gasteiger partial charge in [-0.3, -0.25) is 9.55 Å². The van der Waals surface area contributed by atoms with Gasteiger partial charge in [0, 0.05) is 23.5 Å². The van der Waals surface area contributed by atoms with Gasteiger partial charge in [-0.1, -0.05) is 11.6 Å². The van der Waals surface area contributed by atoms with Gasteiger partial charge < -0.3 is 10.6 Å². The summed E-state index contributed by atoms with van der Waals surface area (Å²) in [4.78, 5) is 20.6. The fourth-order valence-corrected chi connectivity index (χ4v) is 3.11. The van der Waals surface area contributed by atoms with E-state index in [4.69, 9.17) is 11.6 Å². The molecular formula is C20H13ClF3N5O. The second-order valence-corrected chi connectivity index (χ2v) is 6.70. The Hall–Kier alpha value is -3.59. The standard InChI is InChI=1S/C20H13ClF3N5O/c21-16-3-1-13(9-15(16)20(22,23)24)27-19(30)28-14-2-4-18(26-10-14)29-8-6-12-5-7-25-11-17(12)29/h1-11H,(H2,27,28,30). The molecule has 0 unspecified atom stereocenters. The van der Waals surface area contributed by atoms with Gasteiger partial charge in [-0.25, -0.2) is 9.78 Å². The molecule has 0 aliphatic heterocycles. The van der Waals surface area contributed by atoms with Gasteiger partial charge in [0.15, 0.2) is 0 Å². The van der Waals surface area contributed by atoms with Crippen LogP contribution in [0.3, 0.4) is 0 Å². The second kappa shape index (κ2) is 7.68. The average molecular weight is 432 g/mol. The molecule has 2 amide bonds. The maximum absolute atomic E-state index is 12.9. The van der Waals surface area contributed by atoms with Crippen LogP contribution in [0.1, 0.15) is 5.56 Å². The molecule has 0 atom stereocenters. The highest BCUT2D eigenvalue weighted by Gasteiger charge is 2.33. The minimum absolute atomic E-state index is 0.0416. The summed E-state index contributed by atoms with van der Waals surface area (Å²) in [6, 6.07) is 9.56. The van der Waals surface area contributed by atoms with Crippen molar-refractivity contribution in [2.75, 3.05) is 10.6 Å². The highest BCUT2D eigenvalue weighted by Crippen LogP contribution is 2.36. The fraction of sp³-hybridized carbons (Fsp3) is 0.0500. The Kier molecular flexibility index (Phi) is 5.04. The zero-order valence-electron chi connectivity index (χ0n) is 15.1. The van der Waals surface area contributed by atoms with Crippen molar-refractivity contribution in [3.63, 3.8) is 0 Å². The van der Waals surface area contributed by atoms with E-state index < -0.39 is 22.8 Å². The van der Waals surface area contributed by atoms with Crippen molar-refractivity contribution >= 4 is 39.9 Å². The molecule has 152 valence electrons. The molecule has 10 heteroatoms. The third kappa shape index (κ3) is 4.06. The molecular weight excluding hydrogens is 419 g/mol. The highest BCUT2D eigenvalue weighted by molar-refractivity contribution is 6.31. The van der Waals surface area contributed by atoms with Crippen molar-refractivity contribution in [2.24, 2.45) is 0 Å². The van der Waals surface area contributed by atoms with Gasteiger partial charge in [-0.05, 0) is 42.5 Å². The smallest absolute Gasteiger partial charge is 0.308 e. The molecule has 0 saturated heterocycles. The van der Waals surface area contributed by atoms with Crippen LogP contribution in [0.2, 0.25) is 5.02 Å². The quantitative estimate of drug-likeness (QED) is 0.434. The number of nitrogens with zero attached hydrogens (tertiary/aromatic N) is 3. The first kappa shape index (κ1) is 19.7. The molecule has 0 bridgehead atoms. The lowest BCUT2D eigenvalue weighted by Crippen LogP contribution is -2.20. The van der Waals surface area contributed by atoms with Gasteiger partial charge in [0.2, 0.25) is 0 Å². The number of anilines is 2. The number of urea groups is 1. The van der Waals surface area contributed by atoms with E-state index in [2.05, 4.69) is 20.6 Å². The van der Waals surface area contributed by atoms with Crippen LogP contribution in [-0.4, -0.2) is 20.6 Å². The van der Waals surface area contributed by atoms with Gasteiger partial charge in [0.05, 0.1) is 34.2 Å². The van der Waals surface area contributed by atoms with Gasteiger partial charge in [-0.2, -0.15) is 13.2 Å². The van der Waals surface area contributed by atoms with E-state index in [0.29, 0.717) is 11.5 Å². The molecule has 0 spiro atoms. The van der Waals surface area contributed by atoms with Crippen LogP contribution in [0, 0.1) is 0 Å². The summed E-state index contributed by atoms with van der Waals surface area (Å²) in [5, 5.41) is 5.44. The number of rotatable bonds is 3. The maximum atomic E-state index is 12.9. The summed E-state index contributed by atoms with van der Waals surface area (Å²) in [5.41, 5.74) is 0.184. The van der Waals surface area contributed by atoms with Gasteiger partial charge in [-0.15, -0.1) is 0 Å². The molecule has 3 heterocycles. The third-order valence-electron chi connectivity index (χ3n) is 4.28. The molecule has 0 aliphatic rings. The Balaban J connectivity index is 1.47. The first-order chi connectivity index (χ1) is 14.3. The van der Waals surface area contributed by atoms with Crippen LogP contribution in [0.4, 0.5) is 29.3 Å². The number of benzene rings is 1. The van der Waals surface area contributed by atoms with Gasteiger partial charge in [0.25, 0.3) is 0 Å². The molecule has 1 aromatic carbocycles. The number of halogens is 4. The summed E-state index contributed by atoms with van der Waals surface area (Å²) >= 11 is 5.58.